The maximum absolute atomic E-state index is 11.3. The highest BCUT2D eigenvalue weighted by atomic mass is 16.5. The normalized spacial score (nSPS) is 19.2. The zero-order chi connectivity index (χ0) is 10.6. The third kappa shape index (κ3) is 2.70. The van der Waals surface area contributed by atoms with E-state index >= 15 is 0 Å². The lowest BCUT2D eigenvalue weighted by molar-refractivity contribution is -0.136. The summed E-state index contributed by atoms with van der Waals surface area (Å²) < 4.78 is 4.92. The number of carbonyl (C=O) groups is 1. The van der Waals surface area contributed by atoms with Crippen LogP contribution in [-0.2, 0) is 9.53 Å². The maximum Gasteiger partial charge on any atom is 0.334 e. The van der Waals surface area contributed by atoms with Crippen molar-refractivity contribution in [3.63, 3.8) is 0 Å². The standard InChI is InChI=1S/C11H16O3/c1-3-4-5-9-7-14-11(13)10(9)6-8(2)12/h3-4,8,12H,5-7H2,1-2H3/b4-3+/t8-/m0/s1. The Labute approximate surface area is 84.1 Å². The van der Waals surface area contributed by atoms with Crippen LogP contribution in [0.1, 0.15) is 26.7 Å². The van der Waals surface area contributed by atoms with E-state index in [1.54, 1.807) is 6.92 Å². The summed E-state index contributed by atoms with van der Waals surface area (Å²) in [7, 11) is 0. The van der Waals surface area contributed by atoms with Crippen molar-refractivity contribution in [3.8, 4) is 0 Å². The van der Waals surface area contributed by atoms with Gasteiger partial charge in [0.05, 0.1) is 6.10 Å². The minimum Gasteiger partial charge on any atom is -0.458 e. The maximum atomic E-state index is 11.3. The van der Waals surface area contributed by atoms with E-state index in [9.17, 15) is 9.90 Å². The minimum atomic E-state index is -0.490. The molecule has 0 aromatic carbocycles. The number of esters is 1. The molecule has 1 N–H and O–H groups in total. The third-order valence-electron chi connectivity index (χ3n) is 2.15. The minimum absolute atomic E-state index is 0.273. The molecule has 0 aromatic rings. The molecule has 0 saturated heterocycles. The van der Waals surface area contributed by atoms with Gasteiger partial charge in [-0.15, -0.1) is 0 Å². The van der Waals surface area contributed by atoms with Gasteiger partial charge in [-0.2, -0.15) is 0 Å². The Bertz CT molecular complexity index is 274. The molecule has 1 heterocycles. The summed E-state index contributed by atoms with van der Waals surface area (Å²) in [5.41, 5.74) is 1.65. The molecule has 0 fully saturated rings. The number of hydrogen-bond acceptors (Lipinski definition) is 3. The fraction of sp³-hybridized carbons (Fsp3) is 0.545. The van der Waals surface area contributed by atoms with Crippen LogP contribution in [0.4, 0.5) is 0 Å². The van der Waals surface area contributed by atoms with Crippen LogP contribution in [0.2, 0.25) is 0 Å². The van der Waals surface area contributed by atoms with Crippen molar-refractivity contribution in [3.05, 3.63) is 23.3 Å². The molecule has 0 aliphatic carbocycles. The molecule has 0 amide bonds. The van der Waals surface area contributed by atoms with Crippen LogP contribution < -0.4 is 0 Å². The van der Waals surface area contributed by atoms with Crippen molar-refractivity contribution < 1.29 is 14.6 Å². The molecule has 0 aromatic heterocycles. The number of aliphatic hydroxyl groups is 1. The highest BCUT2D eigenvalue weighted by molar-refractivity contribution is 5.91. The average molecular weight is 196 g/mol. The second-order valence-corrected chi connectivity index (χ2v) is 3.48. The van der Waals surface area contributed by atoms with Gasteiger partial charge in [-0.1, -0.05) is 12.2 Å². The van der Waals surface area contributed by atoms with Crippen LogP contribution in [0.5, 0.6) is 0 Å². The number of rotatable bonds is 4. The lowest BCUT2D eigenvalue weighted by atomic mass is 10.0. The number of allylic oxidation sites excluding steroid dienone is 2. The van der Waals surface area contributed by atoms with Crippen molar-refractivity contribution in [1.29, 1.82) is 0 Å². The Kier molecular flexibility index (Phi) is 3.89. The Morgan fingerprint density at radius 2 is 2.36 bits per heavy atom. The molecule has 78 valence electrons. The Morgan fingerprint density at radius 3 is 2.93 bits per heavy atom. The quantitative estimate of drug-likeness (QED) is 0.548. The van der Waals surface area contributed by atoms with Crippen LogP contribution in [0.3, 0.4) is 0 Å². The molecular weight excluding hydrogens is 180 g/mol. The van der Waals surface area contributed by atoms with Crippen LogP contribution >= 0.6 is 0 Å². The van der Waals surface area contributed by atoms with E-state index in [1.807, 2.05) is 19.1 Å². The van der Waals surface area contributed by atoms with E-state index in [0.717, 1.165) is 12.0 Å². The molecule has 1 aliphatic heterocycles. The van der Waals surface area contributed by atoms with Crippen molar-refractivity contribution in [2.75, 3.05) is 6.61 Å². The molecular formula is C11H16O3. The Hall–Kier alpha value is -1.09. The SMILES string of the molecule is C/C=C/CC1=C(C[C@H](C)O)C(=O)OC1. The van der Waals surface area contributed by atoms with E-state index in [4.69, 9.17) is 4.74 Å². The highest BCUT2D eigenvalue weighted by Gasteiger charge is 2.24. The fourth-order valence-corrected chi connectivity index (χ4v) is 1.44. The van der Waals surface area contributed by atoms with Crippen molar-refractivity contribution in [1.82, 2.24) is 0 Å². The zero-order valence-electron chi connectivity index (χ0n) is 8.62. The second-order valence-electron chi connectivity index (χ2n) is 3.48. The first-order chi connectivity index (χ1) is 6.65. The fourth-order valence-electron chi connectivity index (χ4n) is 1.44. The topological polar surface area (TPSA) is 46.5 Å². The number of cyclic esters (lactones) is 1. The summed E-state index contributed by atoms with van der Waals surface area (Å²) in [5.74, 6) is -0.273. The van der Waals surface area contributed by atoms with Crippen LogP contribution in [-0.4, -0.2) is 23.8 Å². The second kappa shape index (κ2) is 4.96. The molecule has 3 heteroatoms. The van der Waals surface area contributed by atoms with Crippen LogP contribution in [0.15, 0.2) is 23.3 Å². The monoisotopic (exact) mass is 196 g/mol. The molecule has 3 nitrogen and oxygen atoms in total. The summed E-state index contributed by atoms with van der Waals surface area (Å²) in [4.78, 5) is 11.3. The molecule has 0 bridgehead atoms. The third-order valence-corrected chi connectivity index (χ3v) is 2.15. The highest BCUT2D eigenvalue weighted by Crippen LogP contribution is 2.23. The van der Waals surface area contributed by atoms with Crippen LogP contribution in [0, 0.1) is 0 Å². The molecule has 1 atom stereocenters. The largest absolute Gasteiger partial charge is 0.458 e. The van der Waals surface area contributed by atoms with Crippen molar-refractivity contribution >= 4 is 5.97 Å². The summed E-state index contributed by atoms with van der Waals surface area (Å²) in [6.07, 6.45) is 4.57. The molecule has 1 rings (SSSR count). The van der Waals surface area contributed by atoms with E-state index in [2.05, 4.69) is 0 Å². The lowest BCUT2D eigenvalue weighted by Gasteiger charge is -2.03. The van der Waals surface area contributed by atoms with Gasteiger partial charge in [0.2, 0.25) is 0 Å². The molecule has 0 radical (unpaired) electrons. The average Bonchev–Trinajstić information content (AvgIpc) is 2.45. The van der Waals surface area contributed by atoms with E-state index < -0.39 is 6.10 Å². The van der Waals surface area contributed by atoms with Gasteiger partial charge in [0.15, 0.2) is 0 Å². The van der Waals surface area contributed by atoms with Gasteiger partial charge in [-0.3, -0.25) is 0 Å². The first-order valence-electron chi connectivity index (χ1n) is 4.82. The van der Waals surface area contributed by atoms with Gasteiger partial charge in [0.25, 0.3) is 0 Å². The van der Waals surface area contributed by atoms with Gasteiger partial charge in [-0.25, -0.2) is 4.79 Å². The number of carbonyl (C=O) groups excluding carboxylic acids is 1. The summed E-state index contributed by atoms with van der Waals surface area (Å²) in [5, 5.41) is 9.21. The van der Waals surface area contributed by atoms with Crippen molar-refractivity contribution in [2.45, 2.75) is 32.8 Å². The molecule has 0 spiro atoms. The lowest BCUT2D eigenvalue weighted by Crippen LogP contribution is -2.07. The Balaban J connectivity index is 2.73. The first kappa shape index (κ1) is 11.0. The van der Waals surface area contributed by atoms with Gasteiger partial charge >= 0.3 is 5.97 Å². The first-order valence-corrected chi connectivity index (χ1v) is 4.82. The van der Waals surface area contributed by atoms with E-state index in [1.165, 1.54) is 0 Å². The number of aliphatic hydroxyl groups excluding tert-OH is 1. The number of ether oxygens (including phenoxy) is 1. The molecule has 14 heavy (non-hydrogen) atoms. The van der Waals surface area contributed by atoms with Gasteiger partial charge in [0, 0.05) is 12.0 Å². The van der Waals surface area contributed by atoms with E-state index in [-0.39, 0.29) is 5.97 Å². The summed E-state index contributed by atoms with van der Waals surface area (Å²) in [6, 6.07) is 0. The Morgan fingerprint density at radius 1 is 1.64 bits per heavy atom. The van der Waals surface area contributed by atoms with Gasteiger partial charge in [0.1, 0.15) is 6.61 Å². The molecule has 0 saturated carbocycles. The predicted molar refractivity (Wildman–Crippen MR) is 53.7 cm³/mol. The predicted octanol–water partition coefficient (Wildman–Crippen LogP) is 1.58. The van der Waals surface area contributed by atoms with Gasteiger partial charge in [-0.05, 0) is 25.8 Å². The zero-order valence-corrected chi connectivity index (χ0v) is 8.62. The van der Waals surface area contributed by atoms with Crippen molar-refractivity contribution in [2.24, 2.45) is 0 Å². The smallest absolute Gasteiger partial charge is 0.334 e. The summed E-state index contributed by atoms with van der Waals surface area (Å²) in [6.45, 7) is 3.99. The summed E-state index contributed by atoms with van der Waals surface area (Å²) >= 11 is 0. The van der Waals surface area contributed by atoms with Crippen LogP contribution in [0.25, 0.3) is 0 Å². The van der Waals surface area contributed by atoms with E-state index in [0.29, 0.717) is 18.6 Å². The number of hydrogen-bond donors (Lipinski definition) is 1. The molecule has 1 aliphatic rings. The van der Waals surface area contributed by atoms with Gasteiger partial charge < -0.3 is 9.84 Å². The molecule has 0 unspecified atom stereocenters.